The Kier molecular flexibility index (Phi) is 10.8. The Morgan fingerprint density at radius 1 is 1.08 bits per heavy atom. The molecule has 0 rings (SSSR count). The zero-order valence-corrected chi connectivity index (χ0v) is 16.0. The fourth-order valence-electron chi connectivity index (χ4n) is 1.91. The van der Waals surface area contributed by atoms with Gasteiger partial charge in [0.2, 0.25) is 5.91 Å². The Balaban J connectivity index is 3.65. The standard InChI is InChI=1S/C19H34N2O3/c1-7-15(2)12-13-16(3)21-17(22)11-9-8-10-14-20-18(23)24-19(4,5)6/h7H,3,8-14H2,1-2,4-6H3,(H,20,23)(H,21,22)/b15-7-. The lowest BCUT2D eigenvalue weighted by Crippen LogP contribution is -2.33. The predicted molar refractivity (Wildman–Crippen MR) is 98.7 cm³/mol. The molecule has 0 aliphatic rings. The van der Waals surface area contributed by atoms with E-state index < -0.39 is 11.7 Å². The molecule has 0 aliphatic heterocycles. The highest BCUT2D eigenvalue weighted by Crippen LogP contribution is 2.09. The van der Waals surface area contributed by atoms with Crippen LogP contribution in [-0.2, 0) is 9.53 Å². The topological polar surface area (TPSA) is 67.4 Å². The van der Waals surface area contributed by atoms with Gasteiger partial charge in [0.15, 0.2) is 0 Å². The largest absolute Gasteiger partial charge is 0.444 e. The number of hydrogen-bond acceptors (Lipinski definition) is 3. The molecule has 24 heavy (non-hydrogen) atoms. The summed E-state index contributed by atoms with van der Waals surface area (Å²) < 4.78 is 5.15. The van der Waals surface area contributed by atoms with Crippen molar-refractivity contribution < 1.29 is 14.3 Å². The number of carbonyl (C=O) groups excluding carboxylic acids is 2. The number of carbonyl (C=O) groups is 2. The summed E-state index contributed by atoms with van der Waals surface area (Å²) in [5, 5.41) is 5.56. The predicted octanol–water partition coefficient (Wildman–Crippen LogP) is 4.45. The molecular weight excluding hydrogens is 304 g/mol. The summed E-state index contributed by atoms with van der Waals surface area (Å²) >= 11 is 0. The molecular formula is C19H34N2O3. The minimum atomic E-state index is -0.476. The van der Waals surface area contributed by atoms with Crippen LogP contribution in [0.25, 0.3) is 0 Å². The number of hydrogen-bond donors (Lipinski definition) is 2. The molecule has 5 nitrogen and oxygen atoms in total. The van der Waals surface area contributed by atoms with Gasteiger partial charge in [-0.05, 0) is 60.3 Å². The quantitative estimate of drug-likeness (QED) is 0.457. The van der Waals surface area contributed by atoms with Gasteiger partial charge in [-0.25, -0.2) is 4.79 Å². The minimum Gasteiger partial charge on any atom is -0.444 e. The molecule has 2 amide bonds. The molecule has 138 valence electrons. The third-order valence-corrected chi connectivity index (χ3v) is 3.38. The number of amides is 2. The molecule has 0 aromatic carbocycles. The Bertz CT molecular complexity index is 448. The van der Waals surface area contributed by atoms with Crippen molar-refractivity contribution in [2.45, 2.75) is 78.7 Å². The van der Waals surface area contributed by atoms with Crippen molar-refractivity contribution in [3.63, 3.8) is 0 Å². The zero-order chi connectivity index (χ0) is 18.6. The second-order valence-corrected chi connectivity index (χ2v) is 7.03. The van der Waals surface area contributed by atoms with Crippen LogP contribution in [0.15, 0.2) is 23.9 Å². The summed E-state index contributed by atoms with van der Waals surface area (Å²) in [6, 6.07) is 0. The van der Waals surface area contributed by atoms with E-state index in [-0.39, 0.29) is 5.91 Å². The Labute approximate surface area is 146 Å². The van der Waals surface area contributed by atoms with Crippen LogP contribution in [0.5, 0.6) is 0 Å². The number of nitrogens with one attached hydrogen (secondary N) is 2. The van der Waals surface area contributed by atoms with E-state index in [9.17, 15) is 9.59 Å². The molecule has 0 saturated heterocycles. The van der Waals surface area contributed by atoms with Gasteiger partial charge in [-0.15, -0.1) is 0 Å². The maximum absolute atomic E-state index is 11.8. The van der Waals surface area contributed by atoms with Crippen LogP contribution in [-0.4, -0.2) is 24.1 Å². The summed E-state index contributed by atoms with van der Waals surface area (Å²) in [5.41, 5.74) is 1.59. The second-order valence-electron chi connectivity index (χ2n) is 7.03. The van der Waals surface area contributed by atoms with Crippen molar-refractivity contribution in [3.05, 3.63) is 23.9 Å². The lowest BCUT2D eigenvalue weighted by Gasteiger charge is -2.19. The van der Waals surface area contributed by atoms with Crippen molar-refractivity contribution in [1.82, 2.24) is 10.6 Å². The number of unbranched alkanes of at least 4 members (excludes halogenated alkanes) is 2. The van der Waals surface area contributed by atoms with Gasteiger partial charge in [-0.1, -0.05) is 24.6 Å². The molecule has 0 unspecified atom stereocenters. The van der Waals surface area contributed by atoms with Crippen molar-refractivity contribution >= 4 is 12.0 Å². The van der Waals surface area contributed by atoms with Crippen LogP contribution in [0.2, 0.25) is 0 Å². The van der Waals surface area contributed by atoms with Crippen LogP contribution in [0, 0.1) is 0 Å². The average Bonchev–Trinajstić information content (AvgIpc) is 2.46. The highest BCUT2D eigenvalue weighted by molar-refractivity contribution is 5.77. The third kappa shape index (κ3) is 13.9. The zero-order valence-electron chi connectivity index (χ0n) is 16.0. The van der Waals surface area contributed by atoms with Gasteiger partial charge >= 0.3 is 6.09 Å². The molecule has 0 aliphatic carbocycles. The highest BCUT2D eigenvalue weighted by Gasteiger charge is 2.15. The van der Waals surface area contributed by atoms with E-state index in [0.717, 1.165) is 37.8 Å². The lowest BCUT2D eigenvalue weighted by molar-refractivity contribution is -0.120. The Morgan fingerprint density at radius 3 is 2.33 bits per heavy atom. The molecule has 2 N–H and O–H groups in total. The van der Waals surface area contributed by atoms with Gasteiger partial charge < -0.3 is 15.4 Å². The maximum Gasteiger partial charge on any atom is 0.407 e. The van der Waals surface area contributed by atoms with Crippen molar-refractivity contribution in [2.24, 2.45) is 0 Å². The smallest absolute Gasteiger partial charge is 0.407 e. The Morgan fingerprint density at radius 2 is 1.75 bits per heavy atom. The van der Waals surface area contributed by atoms with Gasteiger partial charge in [0.05, 0.1) is 0 Å². The monoisotopic (exact) mass is 338 g/mol. The van der Waals surface area contributed by atoms with E-state index in [1.165, 1.54) is 5.57 Å². The first-order valence-corrected chi connectivity index (χ1v) is 8.70. The van der Waals surface area contributed by atoms with E-state index in [1.54, 1.807) is 0 Å². The molecule has 0 fully saturated rings. The van der Waals surface area contributed by atoms with Gasteiger partial charge in [0.1, 0.15) is 5.60 Å². The first-order valence-electron chi connectivity index (χ1n) is 8.70. The van der Waals surface area contributed by atoms with E-state index in [4.69, 9.17) is 4.74 Å². The number of allylic oxidation sites excluding steroid dienone is 3. The van der Waals surface area contributed by atoms with Gasteiger partial charge in [0.25, 0.3) is 0 Å². The molecule has 0 heterocycles. The fraction of sp³-hybridized carbons (Fsp3) is 0.684. The maximum atomic E-state index is 11.8. The van der Waals surface area contributed by atoms with E-state index in [0.29, 0.717) is 13.0 Å². The molecule has 0 aromatic rings. The summed E-state index contributed by atoms with van der Waals surface area (Å²) in [7, 11) is 0. The van der Waals surface area contributed by atoms with Gasteiger partial charge in [-0.3, -0.25) is 4.79 Å². The van der Waals surface area contributed by atoms with E-state index in [2.05, 4.69) is 30.2 Å². The summed E-state index contributed by atoms with van der Waals surface area (Å²) in [5.74, 6) is 0.0123. The van der Waals surface area contributed by atoms with Crippen LogP contribution < -0.4 is 10.6 Å². The molecule has 0 radical (unpaired) electrons. The number of rotatable bonds is 10. The number of alkyl carbamates (subject to hydrolysis) is 1. The fourth-order valence-corrected chi connectivity index (χ4v) is 1.91. The second kappa shape index (κ2) is 11.7. The third-order valence-electron chi connectivity index (χ3n) is 3.38. The van der Waals surface area contributed by atoms with Crippen LogP contribution in [0.4, 0.5) is 4.79 Å². The van der Waals surface area contributed by atoms with Crippen molar-refractivity contribution in [3.8, 4) is 0 Å². The van der Waals surface area contributed by atoms with E-state index >= 15 is 0 Å². The van der Waals surface area contributed by atoms with E-state index in [1.807, 2.05) is 27.7 Å². The summed E-state index contributed by atoms with van der Waals surface area (Å²) in [6.45, 7) is 14.0. The van der Waals surface area contributed by atoms with Gasteiger partial charge in [0, 0.05) is 18.7 Å². The number of ether oxygens (including phenoxy) is 1. The molecule has 0 spiro atoms. The minimum absolute atomic E-state index is 0.0123. The van der Waals surface area contributed by atoms with Crippen LogP contribution >= 0.6 is 0 Å². The SMILES string of the molecule is C=C(CC/C(C)=C\C)NC(=O)CCCCCNC(=O)OC(C)(C)C. The molecule has 0 atom stereocenters. The Hall–Kier alpha value is -1.78. The van der Waals surface area contributed by atoms with Crippen LogP contribution in [0.1, 0.15) is 73.1 Å². The average molecular weight is 338 g/mol. The summed E-state index contributed by atoms with van der Waals surface area (Å²) in [6.07, 6.45) is 6.36. The summed E-state index contributed by atoms with van der Waals surface area (Å²) in [4.78, 5) is 23.2. The molecule has 0 saturated carbocycles. The van der Waals surface area contributed by atoms with Crippen molar-refractivity contribution in [2.75, 3.05) is 6.54 Å². The van der Waals surface area contributed by atoms with Crippen molar-refractivity contribution in [1.29, 1.82) is 0 Å². The lowest BCUT2D eigenvalue weighted by atomic mass is 10.1. The molecule has 0 aromatic heterocycles. The van der Waals surface area contributed by atoms with Crippen LogP contribution in [0.3, 0.4) is 0 Å². The first-order chi connectivity index (χ1) is 11.1. The first kappa shape index (κ1) is 22.2. The molecule has 0 bridgehead atoms. The van der Waals surface area contributed by atoms with Gasteiger partial charge in [-0.2, -0.15) is 0 Å². The molecule has 5 heteroatoms. The normalized spacial score (nSPS) is 11.8. The highest BCUT2D eigenvalue weighted by atomic mass is 16.6.